The molecule has 0 saturated carbocycles. The highest BCUT2D eigenvalue weighted by Crippen LogP contribution is 2.26. The number of likely N-dealkylation sites (tertiary alicyclic amines) is 1. The highest BCUT2D eigenvalue weighted by atomic mass is 35.5. The van der Waals surface area contributed by atoms with E-state index in [-0.39, 0.29) is 24.9 Å². The normalized spacial score (nSPS) is 17.1. The van der Waals surface area contributed by atoms with E-state index >= 15 is 0 Å². The zero-order valence-electron chi connectivity index (χ0n) is 13.6. The molecule has 9 heteroatoms. The van der Waals surface area contributed by atoms with E-state index in [9.17, 15) is 14.4 Å². The molecule has 1 saturated heterocycles. The Morgan fingerprint density at radius 3 is 2.68 bits per heavy atom. The number of halogens is 2. The van der Waals surface area contributed by atoms with Gasteiger partial charge in [-0.2, -0.15) is 0 Å². The van der Waals surface area contributed by atoms with Crippen molar-refractivity contribution in [2.75, 3.05) is 25.0 Å². The topological polar surface area (TPSA) is 105 Å². The van der Waals surface area contributed by atoms with Gasteiger partial charge in [-0.3, -0.25) is 14.4 Å². The third-order valence-corrected chi connectivity index (χ3v) is 4.48. The molecule has 1 aliphatic heterocycles. The van der Waals surface area contributed by atoms with Crippen LogP contribution in [0.5, 0.6) is 0 Å². The van der Waals surface area contributed by atoms with Crippen molar-refractivity contribution in [2.24, 2.45) is 5.73 Å². The van der Waals surface area contributed by atoms with Gasteiger partial charge >= 0.3 is 0 Å². The predicted octanol–water partition coefficient (Wildman–Crippen LogP) is 1.39. The fourth-order valence-corrected chi connectivity index (χ4v) is 3.11. The van der Waals surface area contributed by atoms with Crippen molar-refractivity contribution >= 4 is 46.6 Å². The summed E-state index contributed by atoms with van der Waals surface area (Å²) in [5.74, 6) is -1.05. The summed E-state index contributed by atoms with van der Waals surface area (Å²) in [5, 5.41) is 5.96. The van der Waals surface area contributed by atoms with Gasteiger partial charge in [0.2, 0.25) is 17.7 Å². The molecule has 1 aromatic carbocycles. The predicted molar refractivity (Wildman–Crippen MR) is 96.5 cm³/mol. The van der Waals surface area contributed by atoms with Gasteiger partial charge in [-0.1, -0.05) is 23.2 Å². The summed E-state index contributed by atoms with van der Waals surface area (Å²) in [4.78, 5) is 37.6. The minimum absolute atomic E-state index is 0.179. The van der Waals surface area contributed by atoms with E-state index in [4.69, 9.17) is 28.9 Å². The van der Waals surface area contributed by atoms with Crippen LogP contribution in [0, 0.1) is 0 Å². The Kier molecular flexibility index (Phi) is 7.04. The van der Waals surface area contributed by atoms with E-state index < -0.39 is 11.9 Å². The first kappa shape index (κ1) is 19.5. The fourth-order valence-electron chi connectivity index (χ4n) is 2.66. The molecule has 4 N–H and O–H groups in total. The van der Waals surface area contributed by atoms with Crippen LogP contribution in [0.2, 0.25) is 10.0 Å². The van der Waals surface area contributed by atoms with Crippen LogP contribution in [0.4, 0.5) is 5.69 Å². The summed E-state index contributed by atoms with van der Waals surface area (Å²) in [6, 6.07) is 4.15. The summed E-state index contributed by atoms with van der Waals surface area (Å²) in [7, 11) is 0. The minimum Gasteiger partial charge on any atom is -0.346 e. The van der Waals surface area contributed by atoms with E-state index in [2.05, 4.69) is 10.6 Å². The maximum atomic E-state index is 12.6. The van der Waals surface area contributed by atoms with E-state index in [1.54, 1.807) is 12.1 Å². The molecule has 1 unspecified atom stereocenters. The molecule has 1 aromatic rings. The molecule has 136 valence electrons. The van der Waals surface area contributed by atoms with Crippen molar-refractivity contribution in [1.29, 1.82) is 0 Å². The largest absolute Gasteiger partial charge is 0.346 e. The van der Waals surface area contributed by atoms with E-state index in [1.807, 2.05) is 0 Å². The molecule has 1 fully saturated rings. The second-order valence-electron chi connectivity index (χ2n) is 5.69. The number of carbonyl (C=O) groups excluding carboxylic acids is 3. The lowest BCUT2D eigenvalue weighted by atomic mass is 10.0. The van der Waals surface area contributed by atoms with Crippen LogP contribution >= 0.6 is 23.2 Å². The molecule has 1 aliphatic rings. The van der Waals surface area contributed by atoms with Crippen LogP contribution in [0.15, 0.2) is 18.2 Å². The molecular weight excluding hydrogens is 367 g/mol. The molecule has 0 spiro atoms. The van der Waals surface area contributed by atoms with Crippen molar-refractivity contribution in [1.82, 2.24) is 10.2 Å². The zero-order chi connectivity index (χ0) is 18.4. The van der Waals surface area contributed by atoms with Gasteiger partial charge in [0.25, 0.3) is 0 Å². The van der Waals surface area contributed by atoms with Gasteiger partial charge in [-0.05, 0) is 37.5 Å². The number of anilines is 1. The Hall–Kier alpha value is -1.83. The van der Waals surface area contributed by atoms with Crippen molar-refractivity contribution in [3.8, 4) is 0 Å². The maximum Gasteiger partial charge on any atom is 0.247 e. The molecule has 0 bridgehead atoms. The number of amides is 3. The monoisotopic (exact) mass is 386 g/mol. The van der Waals surface area contributed by atoms with Crippen LogP contribution in [-0.2, 0) is 14.4 Å². The van der Waals surface area contributed by atoms with Gasteiger partial charge in [-0.15, -0.1) is 0 Å². The van der Waals surface area contributed by atoms with Gasteiger partial charge in [0.1, 0.15) is 6.04 Å². The number of hydrogen-bond donors (Lipinski definition) is 3. The second kappa shape index (κ2) is 9.03. The number of carbonyl (C=O) groups is 3. The highest BCUT2D eigenvalue weighted by Gasteiger charge is 2.32. The summed E-state index contributed by atoms with van der Waals surface area (Å²) in [6.45, 7) is 0.0948. The van der Waals surface area contributed by atoms with Crippen LogP contribution in [0.1, 0.15) is 19.3 Å². The number of nitrogens with two attached hydrogens (primary N) is 1. The lowest BCUT2D eigenvalue weighted by molar-refractivity contribution is -0.140. The molecule has 0 radical (unpaired) electrons. The molecule has 3 amide bonds. The Bertz CT molecular complexity index is 669. The Balaban J connectivity index is 2.04. The van der Waals surface area contributed by atoms with Crippen LogP contribution in [0.25, 0.3) is 0 Å². The molecule has 25 heavy (non-hydrogen) atoms. The van der Waals surface area contributed by atoms with Gasteiger partial charge in [-0.25, -0.2) is 0 Å². The quantitative estimate of drug-likeness (QED) is 0.710. The summed E-state index contributed by atoms with van der Waals surface area (Å²) in [5.41, 5.74) is 5.64. The third kappa shape index (κ3) is 5.32. The summed E-state index contributed by atoms with van der Waals surface area (Å²) >= 11 is 11.9. The van der Waals surface area contributed by atoms with Gasteiger partial charge in [0.15, 0.2) is 0 Å². The lowest BCUT2D eigenvalue weighted by Gasteiger charge is -2.34. The first-order valence-electron chi connectivity index (χ1n) is 7.94. The third-order valence-electron chi connectivity index (χ3n) is 3.94. The lowest BCUT2D eigenvalue weighted by Crippen LogP contribution is -2.53. The molecule has 1 heterocycles. The number of nitrogens with zero attached hydrogens (tertiary/aromatic N) is 1. The average Bonchev–Trinajstić information content (AvgIpc) is 2.61. The number of hydrogen-bond acceptors (Lipinski definition) is 4. The van der Waals surface area contributed by atoms with Gasteiger partial charge < -0.3 is 21.3 Å². The minimum atomic E-state index is -0.609. The fraction of sp³-hybridized carbons (Fsp3) is 0.438. The molecule has 0 aliphatic carbocycles. The molecule has 2 rings (SSSR count). The Morgan fingerprint density at radius 1 is 1.24 bits per heavy atom. The molecule has 1 atom stereocenters. The van der Waals surface area contributed by atoms with Crippen LogP contribution in [-0.4, -0.2) is 48.3 Å². The van der Waals surface area contributed by atoms with Gasteiger partial charge in [0.05, 0.1) is 23.8 Å². The van der Waals surface area contributed by atoms with Gasteiger partial charge in [0, 0.05) is 11.6 Å². The standard InChI is InChI=1S/C16H20Cl2N4O3/c17-10-4-5-12(11(18)7-10)21-16(25)13-3-1-2-6-22(13)15(24)9-20-14(23)8-19/h4-5,7,13H,1-3,6,8-9,19H2,(H,20,23)(H,21,25). The molecular formula is C16H20Cl2N4O3. The van der Waals surface area contributed by atoms with E-state index in [1.165, 1.54) is 11.0 Å². The Labute approximate surface area is 155 Å². The highest BCUT2D eigenvalue weighted by molar-refractivity contribution is 6.36. The maximum absolute atomic E-state index is 12.6. The summed E-state index contributed by atoms with van der Waals surface area (Å²) < 4.78 is 0. The van der Waals surface area contributed by atoms with Crippen LogP contribution < -0.4 is 16.4 Å². The van der Waals surface area contributed by atoms with Crippen molar-refractivity contribution in [3.63, 3.8) is 0 Å². The van der Waals surface area contributed by atoms with Crippen molar-refractivity contribution < 1.29 is 14.4 Å². The van der Waals surface area contributed by atoms with Crippen molar-refractivity contribution in [2.45, 2.75) is 25.3 Å². The average molecular weight is 387 g/mol. The number of benzene rings is 1. The SMILES string of the molecule is NCC(=O)NCC(=O)N1CCCCC1C(=O)Nc1ccc(Cl)cc1Cl. The smallest absolute Gasteiger partial charge is 0.247 e. The number of nitrogens with one attached hydrogen (secondary N) is 2. The number of rotatable bonds is 5. The first-order valence-corrected chi connectivity index (χ1v) is 8.70. The zero-order valence-corrected chi connectivity index (χ0v) is 15.1. The molecule has 7 nitrogen and oxygen atoms in total. The summed E-state index contributed by atoms with van der Waals surface area (Å²) in [6.07, 6.45) is 2.20. The van der Waals surface area contributed by atoms with E-state index in [0.717, 1.165) is 12.8 Å². The number of piperidine rings is 1. The van der Waals surface area contributed by atoms with Crippen molar-refractivity contribution in [3.05, 3.63) is 28.2 Å². The van der Waals surface area contributed by atoms with Crippen LogP contribution in [0.3, 0.4) is 0 Å². The first-order chi connectivity index (χ1) is 11.9. The van der Waals surface area contributed by atoms with E-state index in [0.29, 0.717) is 28.7 Å². The second-order valence-corrected chi connectivity index (χ2v) is 6.54. The Morgan fingerprint density at radius 2 is 2.00 bits per heavy atom. The molecule has 0 aromatic heterocycles.